The normalized spacial score (nSPS) is 13.7. The van der Waals surface area contributed by atoms with E-state index in [1.807, 2.05) is 42.2 Å². The van der Waals surface area contributed by atoms with Crippen molar-refractivity contribution in [2.24, 2.45) is 7.05 Å². The van der Waals surface area contributed by atoms with E-state index in [0.29, 0.717) is 5.69 Å². The van der Waals surface area contributed by atoms with Crippen LogP contribution >= 0.6 is 0 Å². The molecule has 6 N–H and O–H groups in total. The van der Waals surface area contributed by atoms with Crippen LogP contribution in [0.4, 0.5) is 11.4 Å². The zero-order chi connectivity index (χ0) is 17.7. The third kappa shape index (κ3) is 4.48. The second kappa shape index (κ2) is 8.16. The molecule has 2 unspecified atom stereocenters. The Kier molecular flexibility index (Phi) is 6.22. The summed E-state index contributed by atoms with van der Waals surface area (Å²) in [5.74, 6) is 0. The fraction of sp³-hybridized carbons (Fsp3) is 0.412. The van der Waals surface area contributed by atoms with Gasteiger partial charge in [0.05, 0.1) is 25.4 Å². The summed E-state index contributed by atoms with van der Waals surface area (Å²) in [6.45, 7) is -0.530. The zero-order valence-corrected chi connectivity index (χ0v) is 13.7. The molecule has 7 nitrogen and oxygen atoms in total. The molecule has 0 aliphatic rings. The van der Waals surface area contributed by atoms with Crippen LogP contribution in [0.15, 0.2) is 36.7 Å². The highest BCUT2D eigenvalue weighted by atomic mass is 16.3. The molecule has 0 saturated heterocycles. The van der Waals surface area contributed by atoms with Gasteiger partial charge in [0.2, 0.25) is 0 Å². The largest absolute Gasteiger partial charge is 0.399 e. The maximum Gasteiger partial charge on any atom is 0.0945 e. The predicted molar refractivity (Wildman–Crippen MR) is 93.7 cm³/mol. The molecule has 2 rings (SSSR count). The molecule has 2 atom stereocenters. The molecule has 1 aromatic carbocycles. The van der Waals surface area contributed by atoms with E-state index in [1.54, 1.807) is 11.0 Å². The Labute approximate surface area is 141 Å². The number of nitrogens with two attached hydrogens (primary N) is 1. The van der Waals surface area contributed by atoms with Gasteiger partial charge in [-0.05, 0) is 24.3 Å². The molecule has 0 amide bonds. The van der Waals surface area contributed by atoms with E-state index in [1.165, 1.54) is 0 Å². The minimum absolute atomic E-state index is 0.122. The number of nitrogen functional groups attached to an aromatic ring is 1. The van der Waals surface area contributed by atoms with Crippen LogP contribution in [0, 0.1) is 0 Å². The highest BCUT2D eigenvalue weighted by molar-refractivity contribution is 5.81. The topological polar surface area (TPSA) is 115 Å². The molecule has 0 bridgehead atoms. The van der Waals surface area contributed by atoms with Crippen molar-refractivity contribution in [1.82, 2.24) is 4.57 Å². The predicted octanol–water partition coefficient (Wildman–Crippen LogP) is -0.213. The molecule has 24 heavy (non-hydrogen) atoms. The van der Waals surface area contributed by atoms with Gasteiger partial charge in [0.15, 0.2) is 0 Å². The fourth-order valence-electron chi connectivity index (χ4n) is 2.62. The molecular weight excluding hydrogens is 310 g/mol. The molecule has 0 aliphatic carbocycles. The number of anilines is 2. The average Bonchev–Trinajstić information content (AvgIpc) is 3.00. The lowest BCUT2D eigenvalue weighted by Crippen LogP contribution is -2.40. The van der Waals surface area contributed by atoms with Gasteiger partial charge in [0, 0.05) is 55.0 Å². The monoisotopic (exact) mass is 335 g/mol. The molecule has 132 valence electrons. The number of nitrogens with zero attached hydrogens (tertiary/aromatic N) is 2. The van der Waals surface area contributed by atoms with Gasteiger partial charge in [0.1, 0.15) is 0 Å². The Hall–Kier alpha value is -2.06. The van der Waals surface area contributed by atoms with E-state index in [4.69, 9.17) is 15.9 Å². The first kappa shape index (κ1) is 18.3. The van der Waals surface area contributed by atoms with Crippen molar-refractivity contribution >= 4 is 11.4 Å². The highest BCUT2D eigenvalue weighted by Gasteiger charge is 2.19. The lowest BCUT2D eigenvalue weighted by Gasteiger charge is -2.30. The Morgan fingerprint density at radius 1 is 1.08 bits per heavy atom. The van der Waals surface area contributed by atoms with Crippen LogP contribution < -0.4 is 10.6 Å². The molecular formula is C17H25N3O4. The SMILES string of the molecule is Cn1ccc(-c2cc(N)ccc2N(CC(O)CO)CC(O)CO)c1. The van der Waals surface area contributed by atoms with Gasteiger partial charge in [-0.1, -0.05) is 0 Å². The van der Waals surface area contributed by atoms with Gasteiger partial charge in [0.25, 0.3) is 0 Å². The minimum atomic E-state index is -0.961. The standard InChI is InChI=1S/C17H25N3O4/c1-19-5-4-12(7-19)16-6-13(18)2-3-17(16)20(8-14(23)10-21)9-15(24)11-22/h2-7,14-15,21-24H,8-11,18H2,1H3. The number of aryl methyl sites for hydroxylation is 1. The summed E-state index contributed by atoms with van der Waals surface area (Å²) in [5, 5.41) is 37.9. The van der Waals surface area contributed by atoms with Gasteiger partial charge in [-0.3, -0.25) is 0 Å². The molecule has 2 aromatic rings. The Morgan fingerprint density at radius 2 is 1.71 bits per heavy atom. The lowest BCUT2D eigenvalue weighted by molar-refractivity contribution is 0.0839. The van der Waals surface area contributed by atoms with E-state index < -0.39 is 12.2 Å². The van der Waals surface area contributed by atoms with Crippen LogP contribution in [0.2, 0.25) is 0 Å². The van der Waals surface area contributed by atoms with Gasteiger partial charge in [-0.2, -0.15) is 0 Å². The molecule has 0 aliphatic heterocycles. The maximum absolute atomic E-state index is 9.83. The summed E-state index contributed by atoms with van der Waals surface area (Å²) < 4.78 is 1.91. The van der Waals surface area contributed by atoms with Gasteiger partial charge in [-0.25, -0.2) is 0 Å². The quantitative estimate of drug-likeness (QED) is 0.426. The van der Waals surface area contributed by atoms with Crippen LogP contribution in [-0.2, 0) is 7.05 Å². The third-order valence-corrected chi connectivity index (χ3v) is 3.79. The van der Waals surface area contributed by atoms with Gasteiger partial charge >= 0.3 is 0 Å². The average molecular weight is 335 g/mol. The first-order valence-electron chi connectivity index (χ1n) is 7.79. The molecule has 0 spiro atoms. The number of aliphatic hydroxyl groups excluding tert-OH is 4. The van der Waals surface area contributed by atoms with Crippen LogP contribution in [0.25, 0.3) is 11.1 Å². The van der Waals surface area contributed by atoms with Crippen LogP contribution in [0.5, 0.6) is 0 Å². The van der Waals surface area contributed by atoms with Crippen LogP contribution in [-0.4, -0.2) is 63.5 Å². The number of rotatable bonds is 8. The fourth-order valence-corrected chi connectivity index (χ4v) is 2.62. The number of hydrogen-bond donors (Lipinski definition) is 5. The summed E-state index contributed by atoms with van der Waals surface area (Å²) in [5.41, 5.74) is 9.08. The van der Waals surface area contributed by atoms with Crippen molar-refractivity contribution in [3.05, 3.63) is 36.7 Å². The lowest BCUT2D eigenvalue weighted by atomic mass is 10.0. The molecule has 7 heteroatoms. The molecule has 0 saturated carbocycles. The van der Waals surface area contributed by atoms with Crippen molar-refractivity contribution in [1.29, 1.82) is 0 Å². The van der Waals surface area contributed by atoms with E-state index in [2.05, 4.69) is 0 Å². The number of benzene rings is 1. The zero-order valence-electron chi connectivity index (χ0n) is 13.7. The molecule has 1 aromatic heterocycles. The second-order valence-corrected chi connectivity index (χ2v) is 5.92. The Morgan fingerprint density at radius 3 is 2.21 bits per heavy atom. The first-order chi connectivity index (χ1) is 11.4. The maximum atomic E-state index is 9.83. The number of aliphatic hydroxyl groups is 4. The van der Waals surface area contributed by atoms with Crippen molar-refractivity contribution in [3.8, 4) is 11.1 Å². The number of hydrogen-bond acceptors (Lipinski definition) is 6. The summed E-state index contributed by atoms with van der Waals surface area (Å²) in [4.78, 5) is 1.74. The smallest absolute Gasteiger partial charge is 0.0945 e. The van der Waals surface area contributed by atoms with Crippen LogP contribution in [0.1, 0.15) is 0 Å². The summed E-state index contributed by atoms with van der Waals surface area (Å²) >= 11 is 0. The summed E-state index contributed by atoms with van der Waals surface area (Å²) in [7, 11) is 1.91. The van der Waals surface area contributed by atoms with Gasteiger partial charge < -0.3 is 35.6 Å². The van der Waals surface area contributed by atoms with Crippen molar-refractivity contribution in [2.45, 2.75) is 12.2 Å². The number of aromatic nitrogens is 1. The van der Waals surface area contributed by atoms with Gasteiger partial charge in [-0.15, -0.1) is 0 Å². The molecule has 0 radical (unpaired) electrons. The van der Waals surface area contributed by atoms with Crippen molar-refractivity contribution in [3.63, 3.8) is 0 Å². The molecule has 1 heterocycles. The summed E-state index contributed by atoms with van der Waals surface area (Å²) in [6.07, 6.45) is 1.94. The van der Waals surface area contributed by atoms with E-state index in [9.17, 15) is 10.2 Å². The Balaban J connectivity index is 2.44. The van der Waals surface area contributed by atoms with Crippen molar-refractivity contribution < 1.29 is 20.4 Å². The summed E-state index contributed by atoms with van der Waals surface area (Å²) in [6, 6.07) is 7.33. The minimum Gasteiger partial charge on any atom is -0.399 e. The Bertz CT molecular complexity index is 647. The van der Waals surface area contributed by atoms with Crippen molar-refractivity contribution in [2.75, 3.05) is 36.9 Å². The third-order valence-electron chi connectivity index (χ3n) is 3.79. The molecule has 0 fully saturated rings. The van der Waals surface area contributed by atoms with Crippen LogP contribution in [0.3, 0.4) is 0 Å². The van der Waals surface area contributed by atoms with E-state index in [-0.39, 0.29) is 26.3 Å². The van der Waals surface area contributed by atoms with E-state index >= 15 is 0 Å². The highest BCUT2D eigenvalue weighted by Crippen LogP contribution is 2.33. The first-order valence-corrected chi connectivity index (χ1v) is 7.79. The second-order valence-electron chi connectivity index (χ2n) is 5.92. The van der Waals surface area contributed by atoms with E-state index in [0.717, 1.165) is 16.8 Å².